The third-order valence-corrected chi connectivity index (χ3v) is 4.50. The number of isocyanates is 1. The Kier molecular flexibility index (Phi) is 2.69. The molecule has 0 N–H and O–H groups in total. The van der Waals surface area contributed by atoms with E-state index in [0.717, 1.165) is 35.7 Å². The molecule has 1 aromatic rings. The average Bonchev–Trinajstić information content (AvgIpc) is 3.06. The van der Waals surface area contributed by atoms with Crippen molar-refractivity contribution in [3.63, 3.8) is 0 Å². The summed E-state index contributed by atoms with van der Waals surface area (Å²) in [7, 11) is 0. The molecule has 1 aromatic carbocycles. The topological polar surface area (TPSA) is 38.7 Å². The molecule has 1 saturated carbocycles. The van der Waals surface area contributed by atoms with Gasteiger partial charge in [0.2, 0.25) is 6.08 Å². The first kappa shape index (κ1) is 10.9. The van der Waals surface area contributed by atoms with Gasteiger partial charge >= 0.3 is 0 Å². The van der Waals surface area contributed by atoms with Crippen molar-refractivity contribution in [2.45, 2.75) is 24.5 Å². The summed E-state index contributed by atoms with van der Waals surface area (Å²) < 4.78 is 5.77. The van der Waals surface area contributed by atoms with Gasteiger partial charge in [0.25, 0.3) is 0 Å². The van der Waals surface area contributed by atoms with Gasteiger partial charge in [0.05, 0.1) is 5.54 Å². The maximum Gasteiger partial charge on any atom is 0.235 e. The smallest absolute Gasteiger partial charge is 0.235 e. The van der Waals surface area contributed by atoms with E-state index >= 15 is 0 Å². The molecule has 0 spiro atoms. The fraction of sp³-hybridized carbons (Fsp3) is 0.462. The van der Waals surface area contributed by atoms with Gasteiger partial charge in [-0.15, -0.1) is 0 Å². The molecule has 0 atom stereocenters. The molecule has 0 radical (unpaired) electrons. The Morgan fingerprint density at radius 3 is 2.47 bits per heavy atom. The highest BCUT2D eigenvalue weighted by molar-refractivity contribution is 8.00. The molecule has 4 heteroatoms. The first-order valence-electron chi connectivity index (χ1n) is 5.76. The van der Waals surface area contributed by atoms with Crippen LogP contribution in [0.5, 0.6) is 5.75 Å². The number of hydrogen-bond acceptors (Lipinski definition) is 4. The van der Waals surface area contributed by atoms with Crippen LogP contribution in [0, 0.1) is 0 Å². The molecular formula is C13H13NO2S. The molecule has 0 aromatic heterocycles. The zero-order valence-electron chi connectivity index (χ0n) is 9.39. The highest BCUT2D eigenvalue weighted by Gasteiger charge is 2.44. The van der Waals surface area contributed by atoms with Crippen LogP contribution >= 0.6 is 11.8 Å². The van der Waals surface area contributed by atoms with Crippen molar-refractivity contribution in [3.05, 3.63) is 29.8 Å². The van der Waals surface area contributed by atoms with Gasteiger partial charge < -0.3 is 4.74 Å². The van der Waals surface area contributed by atoms with Crippen molar-refractivity contribution in [1.82, 2.24) is 0 Å². The van der Waals surface area contributed by atoms with E-state index in [4.69, 9.17) is 4.74 Å². The second-order valence-electron chi connectivity index (χ2n) is 4.54. The summed E-state index contributed by atoms with van der Waals surface area (Å²) in [6.07, 6.45) is 3.94. The normalized spacial score (nSPS) is 21.2. The van der Waals surface area contributed by atoms with Crippen LogP contribution in [0.1, 0.15) is 18.4 Å². The number of thioether (sulfide) groups is 1. The molecule has 88 valence electrons. The highest BCUT2D eigenvalue weighted by Crippen LogP contribution is 2.49. The first-order chi connectivity index (χ1) is 8.32. The van der Waals surface area contributed by atoms with Gasteiger partial charge in [0, 0.05) is 11.5 Å². The first-order valence-corrected chi connectivity index (χ1v) is 6.92. The summed E-state index contributed by atoms with van der Waals surface area (Å²) in [4.78, 5) is 14.3. The molecule has 3 rings (SSSR count). The Hall–Kier alpha value is -1.25. The van der Waals surface area contributed by atoms with Crippen molar-refractivity contribution in [2.75, 3.05) is 11.5 Å². The van der Waals surface area contributed by atoms with E-state index in [1.165, 1.54) is 0 Å². The lowest BCUT2D eigenvalue weighted by Gasteiger charge is -2.26. The molecular weight excluding hydrogens is 234 g/mol. The number of nitrogens with zero attached hydrogens (tertiary/aromatic N) is 1. The fourth-order valence-electron chi connectivity index (χ4n) is 1.99. The van der Waals surface area contributed by atoms with Crippen molar-refractivity contribution >= 4 is 17.8 Å². The predicted molar refractivity (Wildman–Crippen MR) is 67.2 cm³/mol. The molecule has 1 saturated heterocycles. The second-order valence-corrected chi connectivity index (χ2v) is 5.61. The lowest BCUT2D eigenvalue weighted by atomic mass is 10.1. The van der Waals surface area contributed by atoms with E-state index < -0.39 is 0 Å². The van der Waals surface area contributed by atoms with E-state index in [2.05, 4.69) is 4.99 Å². The van der Waals surface area contributed by atoms with Crippen LogP contribution in [-0.4, -0.2) is 23.7 Å². The van der Waals surface area contributed by atoms with Crippen LogP contribution in [0.3, 0.4) is 0 Å². The van der Waals surface area contributed by atoms with Crippen molar-refractivity contribution in [3.8, 4) is 5.75 Å². The predicted octanol–water partition coefficient (Wildman–Crippen LogP) is 2.51. The van der Waals surface area contributed by atoms with Gasteiger partial charge in [-0.25, -0.2) is 4.79 Å². The van der Waals surface area contributed by atoms with Crippen molar-refractivity contribution in [1.29, 1.82) is 0 Å². The van der Waals surface area contributed by atoms with Crippen LogP contribution in [-0.2, 0) is 10.3 Å². The largest absolute Gasteiger partial charge is 0.489 e. The van der Waals surface area contributed by atoms with Crippen LogP contribution in [0.25, 0.3) is 0 Å². The lowest BCUT2D eigenvalue weighted by molar-refractivity contribution is 0.240. The summed E-state index contributed by atoms with van der Waals surface area (Å²) in [5, 5.41) is 0. The number of rotatable bonds is 4. The molecule has 1 aliphatic heterocycles. The van der Waals surface area contributed by atoms with E-state index in [0.29, 0.717) is 6.10 Å². The van der Waals surface area contributed by atoms with E-state index in [1.807, 2.05) is 36.0 Å². The molecule has 2 fully saturated rings. The Bertz CT molecular complexity index is 457. The second kappa shape index (κ2) is 4.21. The third kappa shape index (κ3) is 2.11. The van der Waals surface area contributed by atoms with E-state index in [1.54, 1.807) is 6.08 Å². The molecule has 1 heterocycles. The standard InChI is InChI=1S/C13H13NO2S/c15-9-14-13(5-6-13)10-1-3-11(4-2-10)16-12-7-17-8-12/h1-4,12H,5-8H2. The van der Waals surface area contributed by atoms with Crippen molar-refractivity contribution < 1.29 is 9.53 Å². The minimum absolute atomic E-state index is 0.271. The van der Waals surface area contributed by atoms with Gasteiger partial charge in [0.1, 0.15) is 11.9 Å². The monoisotopic (exact) mass is 247 g/mol. The minimum atomic E-state index is -0.271. The number of ether oxygens (including phenoxy) is 1. The maximum atomic E-state index is 10.4. The van der Waals surface area contributed by atoms with Gasteiger partial charge in [-0.2, -0.15) is 16.8 Å². The fourth-order valence-corrected chi connectivity index (χ4v) is 2.55. The average molecular weight is 247 g/mol. The minimum Gasteiger partial charge on any atom is -0.489 e. The van der Waals surface area contributed by atoms with Crippen LogP contribution < -0.4 is 4.74 Å². The lowest BCUT2D eigenvalue weighted by Crippen LogP contribution is -2.30. The third-order valence-electron chi connectivity index (χ3n) is 3.29. The Morgan fingerprint density at radius 1 is 1.29 bits per heavy atom. The quantitative estimate of drug-likeness (QED) is 0.606. The Balaban J connectivity index is 1.73. The van der Waals surface area contributed by atoms with E-state index in [-0.39, 0.29) is 5.54 Å². The van der Waals surface area contributed by atoms with Gasteiger partial charge in [-0.05, 0) is 30.5 Å². The number of benzene rings is 1. The van der Waals surface area contributed by atoms with Crippen LogP contribution in [0.15, 0.2) is 29.3 Å². The summed E-state index contributed by atoms with van der Waals surface area (Å²) in [6, 6.07) is 7.96. The SMILES string of the molecule is O=C=NC1(c2ccc(OC3CSC3)cc2)CC1. The molecule has 3 nitrogen and oxygen atoms in total. The molecule has 0 amide bonds. The van der Waals surface area contributed by atoms with Gasteiger partial charge in [-0.1, -0.05) is 12.1 Å². The maximum absolute atomic E-state index is 10.4. The Morgan fingerprint density at radius 2 is 2.00 bits per heavy atom. The number of carbonyl (C=O) groups excluding carboxylic acids is 1. The summed E-state index contributed by atoms with van der Waals surface area (Å²) in [6.45, 7) is 0. The Labute approximate surface area is 104 Å². The molecule has 2 aliphatic rings. The highest BCUT2D eigenvalue weighted by atomic mass is 32.2. The number of aliphatic imine (C=N–C) groups is 1. The van der Waals surface area contributed by atoms with E-state index in [9.17, 15) is 4.79 Å². The van der Waals surface area contributed by atoms with Crippen molar-refractivity contribution in [2.24, 2.45) is 4.99 Å². The zero-order chi connectivity index (χ0) is 11.7. The zero-order valence-corrected chi connectivity index (χ0v) is 10.2. The molecule has 1 aliphatic carbocycles. The van der Waals surface area contributed by atoms with Crippen LogP contribution in [0.2, 0.25) is 0 Å². The number of hydrogen-bond donors (Lipinski definition) is 0. The molecule has 0 unspecified atom stereocenters. The van der Waals surface area contributed by atoms with Gasteiger partial charge in [-0.3, -0.25) is 0 Å². The summed E-state index contributed by atoms with van der Waals surface area (Å²) in [5.74, 6) is 3.08. The summed E-state index contributed by atoms with van der Waals surface area (Å²) in [5.41, 5.74) is 0.822. The molecule has 0 bridgehead atoms. The van der Waals surface area contributed by atoms with Gasteiger partial charge in [0.15, 0.2) is 0 Å². The summed E-state index contributed by atoms with van der Waals surface area (Å²) >= 11 is 1.91. The molecule has 17 heavy (non-hydrogen) atoms. The van der Waals surface area contributed by atoms with Crippen LogP contribution in [0.4, 0.5) is 0 Å².